The first-order chi connectivity index (χ1) is 6.93. The van der Waals surface area contributed by atoms with Gasteiger partial charge in [-0.15, -0.1) is 11.6 Å². The number of rotatable bonds is 3. The molecule has 0 saturated heterocycles. The molecule has 0 radical (unpaired) electrons. The monoisotopic (exact) mass is 232 g/mol. The van der Waals surface area contributed by atoms with Crippen molar-refractivity contribution in [2.75, 3.05) is 7.05 Å². The maximum Gasteiger partial charge on any atom is 0.324 e. The van der Waals surface area contributed by atoms with E-state index in [0.29, 0.717) is 5.92 Å². The molecular formula is C10H17ClN2O2. The first kappa shape index (κ1) is 12.3. The Balaban J connectivity index is 2.41. The zero-order chi connectivity index (χ0) is 11.6. The Morgan fingerprint density at radius 1 is 1.40 bits per heavy atom. The van der Waals surface area contributed by atoms with Crippen molar-refractivity contribution in [1.29, 1.82) is 0 Å². The summed E-state index contributed by atoms with van der Waals surface area (Å²) < 4.78 is 0. The van der Waals surface area contributed by atoms with Gasteiger partial charge in [0.15, 0.2) is 0 Å². The number of carbonyl (C=O) groups is 2. The summed E-state index contributed by atoms with van der Waals surface area (Å²) in [7, 11) is 1.70. The fourth-order valence-electron chi connectivity index (χ4n) is 1.37. The highest BCUT2D eigenvalue weighted by molar-refractivity contribution is 6.31. The van der Waals surface area contributed by atoms with Crippen LogP contribution in [0.1, 0.15) is 26.7 Å². The minimum absolute atomic E-state index is 0.184. The van der Waals surface area contributed by atoms with Crippen molar-refractivity contribution in [1.82, 2.24) is 10.2 Å². The summed E-state index contributed by atoms with van der Waals surface area (Å²) in [5.41, 5.74) is 0. The van der Waals surface area contributed by atoms with Gasteiger partial charge in [-0.2, -0.15) is 0 Å². The van der Waals surface area contributed by atoms with Crippen LogP contribution in [0.5, 0.6) is 0 Å². The second kappa shape index (κ2) is 4.84. The molecular weight excluding hydrogens is 216 g/mol. The molecule has 1 rings (SSSR count). The van der Waals surface area contributed by atoms with Crippen LogP contribution in [0.3, 0.4) is 0 Å². The maximum atomic E-state index is 11.6. The fraction of sp³-hybridized carbons (Fsp3) is 0.800. The number of hydrogen-bond donors (Lipinski definition) is 1. The lowest BCUT2D eigenvalue weighted by Crippen LogP contribution is -2.47. The third-order valence-corrected chi connectivity index (χ3v) is 3.03. The molecule has 0 aromatic carbocycles. The highest BCUT2D eigenvalue weighted by Crippen LogP contribution is 2.34. The molecule has 0 spiro atoms. The molecule has 0 aromatic heterocycles. The van der Waals surface area contributed by atoms with Crippen LogP contribution in [0.2, 0.25) is 0 Å². The van der Waals surface area contributed by atoms with Gasteiger partial charge < -0.3 is 4.90 Å². The van der Waals surface area contributed by atoms with Crippen LogP contribution in [-0.4, -0.2) is 35.3 Å². The molecule has 2 unspecified atom stereocenters. The van der Waals surface area contributed by atoms with Crippen LogP contribution in [0, 0.1) is 5.92 Å². The molecule has 0 aromatic rings. The zero-order valence-corrected chi connectivity index (χ0v) is 10.0. The zero-order valence-electron chi connectivity index (χ0n) is 9.29. The Labute approximate surface area is 95.0 Å². The van der Waals surface area contributed by atoms with Crippen molar-refractivity contribution in [3.63, 3.8) is 0 Å². The number of hydrogen-bond acceptors (Lipinski definition) is 2. The lowest BCUT2D eigenvalue weighted by Gasteiger charge is -2.24. The minimum Gasteiger partial charge on any atom is -0.325 e. The van der Waals surface area contributed by atoms with Gasteiger partial charge in [0.2, 0.25) is 5.91 Å². The Bertz CT molecular complexity index is 264. The van der Waals surface area contributed by atoms with Gasteiger partial charge in [-0.05, 0) is 32.6 Å². The van der Waals surface area contributed by atoms with E-state index in [9.17, 15) is 9.59 Å². The number of nitrogens with one attached hydrogen (secondary N) is 1. The van der Waals surface area contributed by atoms with E-state index in [2.05, 4.69) is 5.32 Å². The highest BCUT2D eigenvalue weighted by atomic mass is 35.5. The lowest BCUT2D eigenvalue weighted by atomic mass is 10.2. The van der Waals surface area contributed by atoms with Crippen LogP contribution in [0.25, 0.3) is 0 Å². The molecule has 1 saturated carbocycles. The molecule has 4 nitrogen and oxygen atoms in total. The first-order valence-electron chi connectivity index (χ1n) is 5.15. The summed E-state index contributed by atoms with van der Waals surface area (Å²) in [6, 6.07) is -0.185. The Morgan fingerprint density at radius 3 is 2.33 bits per heavy atom. The summed E-state index contributed by atoms with van der Waals surface area (Å²) in [6.07, 6.45) is 2.33. The van der Waals surface area contributed by atoms with E-state index in [1.165, 1.54) is 19.8 Å². The molecule has 5 heteroatoms. The second-order valence-corrected chi connectivity index (χ2v) is 4.75. The van der Waals surface area contributed by atoms with Gasteiger partial charge in [0.1, 0.15) is 5.38 Å². The Hall–Kier alpha value is -0.770. The largest absolute Gasteiger partial charge is 0.325 e. The van der Waals surface area contributed by atoms with Crippen LogP contribution in [-0.2, 0) is 4.79 Å². The molecule has 1 fully saturated rings. The molecule has 0 heterocycles. The normalized spacial score (nSPS) is 19.2. The van der Waals surface area contributed by atoms with Gasteiger partial charge >= 0.3 is 6.03 Å². The standard InChI is InChI=1S/C10H17ClN2O2/c1-6(11)9(14)12-10(15)13(3)7(2)8-4-5-8/h6-8H,4-5H2,1-3H3,(H,12,14,15). The van der Waals surface area contributed by atoms with Crippen LogP contribution >= 0.6 is 11.6 Å². The summed E-state index contributed by atoms with van der Waals surface area (Å²) in [5, 5.41) is 1.58. The lowest BCUT2D eigenvalue weighted by molar-refractivity contribution is -0.119. The molecule has 86 valence electrons. The molecule has 3 amide bonds. The predicted molar refractivity (Wildman–Crippen MR) is 58.8 cm³/mol. The van der Waals surface area contributed by atoms with E-state index in [1.807, 2.05) is 6.92 Å². The van der Waals surface area contributed by atoms with Gasteiger partial charge in [0, 0.05) is 13.1 Å². The number of urea groups is 1. The van der Waals surface area contributed by atoms with E-state index < -0.39 is 11.3 Å². The summed E-state index contributed by atoms with van der Waals surface area (Å²) in [4.78, 5) is 24.3. The molecule has 2 atom stereocenters. The van der Waals surface area contributed by atoms with Crippen molar-refractivity contribution >= 4 is 23.5 Å². The number of nitrogens with zero attached hydrogens (tertiary/aromatic N) is 1. The Kier molecular flexibility index (Phi) is 3.97. The van der Waals surface area contributed by atoms with E-state index in [1.54, 1.807) is 11.9 Å². The molecule has 1 aliphatic carbocycles. The van der Waals surface area contributed by atoms with Crippen molar-refractivity contribution in [3.05, 3.63) is 0 Å². The first-order valence-corrected chi connectivity index (χ1v) is 5.59. The van der Waals surface area contributed by atoms with Gasteiger partial charge in [0.05, 0.1) is 0 Å². The third kappa shape index (κ3) is 3.38. The van der Waals surface area contributed by atoms with Gasteiger partial charge in [-0.3, -0.25) is 10.1 Å². The van der Waals surface area contributed by atoms with E-state index in [4.69, 9.17) is 11.6 Å². The number of carbonyl (C=O) groups excluding carboxylic acids is 2. The minimum atomic E-state index is -0.682. The molecule has 1 N–H and O–H groups in total. The molecule has 15 heavy (non-hydrogen) atoms. The molecule has 1 aliphatic rings. The van der Waals surface area contributed by atoms with Crippen LogP contribution in [0.15, 0.2) is 0 Å². The third-order valence-electron chi connectivity index (χ3n) is 2.83. The summed E-state index contributed by atoms with van der Waals surface area (Å²) >= 11 is 5.55. The van der Waals surface area contributed by atoms with Crippen LogP contribution in [0.4, 0.5) is 4.79 Å². The van der Waals surface area contributed by atoms with Crippen molar-refractivity contribution in [3.8, 4) is 0 Å². The average molecular weight is 233 g/mol. The molecule has 0 aliphatic heterocycles. The molecule has 0 bridgehead atoms. The van der Waals surface area contributed by atoms with Crippen molar-refractivity contribution in [2.24, 2.45) is 5.92 Å². The SMILES string of the molecule is CC(Cl)C(=O)NC(=O)N(C)C(C)C1CC1. The number of amides is 3. The van der Waals surface area contributed by atoms with E-state index in [-0.39, 0.29) is 12.1 Å². The topological polar surface area (TPSA) is 49.4 Å². The van der Waals surface area contributed by atoms with Crippen LogP contribution < -0.4 is 5.32 Å². The average Bonchev–Trinajstić information content (AvgIpc) is 2.98. The smallest absolute Gasteiger partial charge is 0.324 e. The number of imide groups is 1. The second-order valence-electron chi connectivity index (χ2n) is 4.10. The summed E-state index contributed by atoms with van der Waals surface area (Å²) in [6.45, 7) is 3.53. The van der Waals surface area contributed by atoms with E-state index >= 15 is 0 Å². The van der Waals surface area contributed by atoms with Gasteiger partial charge in [0.25, 0.3) is 0 Å². The van der Waals surface area contributed by atoms with E-state index in [0.717, 1.165) is 0 Å². The van der Waals surface area contributed by atoms with Gasteiger partial charge in [-0.1, -0.05) is 0 Å². The maximum absolute atomic E-state index is 11.6. The highest BCUT2D eigenvalue weighted by Gasteiger charge is 2.32. The number of halogens is 1. The summed E-state index contributed by atoms with van der Waals surface area (Å²) in [5.74, 6) is 0.140. The fourth-order valence-corrected chi connectivity index (χ4v) is 1.43. The van der Waals surface area contributed by atoms with Crippen molar-refractivity contribution < 1.29 is 9.59 Å². The van der Waals surface area contributed by atoms with Gasteiger partial charge in [-0.25, -0.2) is 4.79 Å². The van der Waals surface area contributed by atoms with Crippen molar-refractivity contribution in [2.45, 2.75) is 38.1 Å². The quantitative estimate of drug-likeness (QED) is 0.752. The predicted octanol–water partition coefficient (Wildman–Crippen LogP) is 1.58. The Morgan fingerprint density at radius 2 is 1.93 bits per heavy atom. The number of alkyl halides is 1.